The zero-order valence-electron chi connectivity index (χ0n) is 49.4. The van der Waals surface area contributed by atoms with E-state index in [0.29, 0.717) is 121 Å². The summed E-state index contributed by atoms with van der Waals surface area (Å²) < 4.78 is 0. The number of hydrogen-bond acceptors (Lipinski definition) is 8. The standard InChI is InChI=1S/C72H74N4O6/c1-13-71(14-2)73-61-43(25-21-39-23-27-45(63(75-71)53(39)61)57-67(79)59(68(57)80)49-29-37(11)47-31-41(33(5)6)19-17-35(9)51(47)49)55-65(77)56(66(55)78)44-26-22-40-24-28-46(64-54(40)62(44)74-72(15-3,16-4)76-64)58-69(81)60(70(58)82)50-30-38(12)48-32-42(34(7)8)20-18-36(10)52(48)50/h17,19,21-31,33-34,36,42,48,52,73,76-77,79,81H,13-16,18,20,32H2,1-12H3/p-1/b56-44-,57-45-,60-50-. The summed E-state index contributed by atoms with van der Waals surface area (Å²) in [6.45, 7) is 25.7. The van der Waals surface area contributed by atoms with Gasteiger partial charge in [-0.25, -0.2) is 9.98 Å². The number of carbonyl (C=O) groups excluding carboxylic acids is 3. The van der Waals surface area contributed by atoms with Gasteiger partial charge in [-0.3, -0.25) is 14.4 Å². The van der Waals surface area contributed by atoms with E-state index in [0.717, 1.165) is 57.9 Å². The van der Waals surface area contributed by atoms with Gasteiger partial charge in [-0.2, -0.15) is 0 Å². The molecule has 4 atom stereocenters. The van der Waals surface area contributed by atoms with Crippen LogP contribution in [0.4, 0.5) is 11.4 Å². The third kappa shape index (κ3) is 7.40. The molecule has 2 heterocycles. The average molecular weight is 1090 g/mol. The predicted molar refractivity (Wildman–Crippen MR) is 319 cm³/mol. The van der Waals surface area contributed by atoms with Crippen LogP contribution in [-0.2, 0) is 14.4 Å². The number of anilines is 2. The van der Waals surface area contributed by atoms with Gasteiger partial charge in [0, 0.05) is 70.2 Å². The van der Waals surface area contributed by atoms with Crippen LogP contribution in [-0.4, -0.2) is 28.7 Å². The Kier molecular flexibility index (Phi) is 12.3. The maximum atomic E-state index is 15.2. The maximum Gasteiger partial charge on any atom is 0.234 e. The summed E-state index contributed by atoms with van der Waals surface area (Å²) in [7, 11) is 0. The Morgan fingerprint density at radius 2 is 1.06 bits per heavy atom. The van der Waals surface area contributed by atoms with Gasteiger partial charge in [0.1, 0.15) is 0 Å². The van der Waals surface area contributed by atoms with Crippen molar-refractivity contribution in [2.45, 2.75) is 145 Å². The molecule has 82 heavy (non-hydrogen) atoms. The number of Topliss-reactive ketones (excluding diaryl/α,β-unsaturated/α-hetero) is 3. The van der Waals surface area contributed by atoms with Crippen molar-refractivity contribution < 1.29 is 39.7 Å². The van der Waals surface area contributed by atoms with Gasteiger partial charge in [0.2, 0.25) is 22.0 Å². The number of hydrogen-bond donors (Lipinski definition) is 4. The molecule has 418 valence electrons. The fourth-order valence-electron chi connectivity index (χ4n) is 15.4. The molecule has 13 rings (SSSR count). The Hall–Kier alpha value is -7.85. The lowest BCUT2D eigenvalue weighted by molar-refractivity contribution is -0.585. The first-order valence-electron chi connectivity index (χ1n) is 30.1. The van der Waals surface area contributed by atoms with Crippen LogP contribution in [0.2, 0.25) is 0 Å². The van der Waals surface area contributed by atoms with Gasteiger partial charge in [-0.1, -0.05) is 152 Å². The number of fused-ring (bicyclic) bond motifs is 2. The van der Waals surface area contributed by atoms with E-state index in [1.54, 1.807) is 0 Å². The Morgan fingerprint density at radius 1 is 0.573 bits per heavy atom. The molecule has 4 unspecified atom stereocenters. The quantitative estimate of drug-likeness (QED) is 0.121. The second-order valence-electron chi connectivity index (χ2n) is 25.6. The molecule has 1 fully saturated rings. The Labute approximate surface area is 479 Å². The molecule has 9 aliphatic rings. The zero-order chi connectivity index (χ0) is 57.9. The Bertz CT molecular complexity index is 4360. The normalized spacial score (nSPS) is 24.8. The van der Waals surface area contributed by atoms with Gasteiger partial charge in [0.05, 0.1) is 32.6 Å². The van der Waals surface area contributed by atoms with E-state index in [9.17, 15) is 19.8 Å². The number of nitrogens with one attached hydrogen (secondary N) is 4. The van der Waals surface area contributed by atoms with Crippen LogP contribution >= 0.6 is 0 Å². The number of carbonyl (C=O) groups is 3. The van der Waals surface area contributed by atoms with E-state index < -0.39 is 22.9 Å². The minimum Gasteiger partial charge on any atom is -0.871 e. The number of rotatable bonds is 9. The summed E-state index contributed by atoms with van der Waals surface area (Å²) in [6, 6.07) is 23.4. The molecule has 10 heteroatoms. The van der Waals surface area contributed by atoms with E-state index in [1.807, 2.05) is 68.4 Å². The van der Waals surface area contributed by atoms with Crippen molar-refractivity contribution in [3.63, 3.8) is 0 Å². The molecule has 7 aliphatic carbocycles. The van der Waals surface area contributed by atoms with E-state index in [4.69, 9.17) is 0 Å². The van der Waals surface area contributed by atoms with Crippen molar-refractivity contribution in [3.05, 3.63) is 167 Å². The maximum absolute atomic E-state index is 15.2. The molecule has 0 radical (unpaired) electrons. The third-order valence-corrected chi connectivity index (χ3v) is 20.7. The van der Waals surface area contributed by atoms with Gasteiger partial charge in [0.15, 0.2) is 17.3 Å². The van der Waals surface area contributed by atoms with Crippen LogP contribution in [0, 0.1) is 43.4 Å². The van der Waals surface area contributed by atoms with Crippen LogP contribution in [0.25, 0.3) is 60.5 Å². The summed E-state index contributed by atoms with van der Waals surface area (Å²) in [5, 5.41) is 57.4. The number of ketones is 3. The van der Waals surface area contributed by atoms with E-state index >= 15 is 9.90 Å². The lowest BCUT2D eigenvalue weighted by atomic mass is 9.72. The number of allylic oxidation sites excluding steroid dienone is 9. The van der Waals surface area contributed by atoms with Crippen molar-refractivity contribution in [1.29, 1.82) is 0 Å². The highest BCUT2D eigenvalue weighted by atomic mass is 16.3. The molecule has 0 aromatic heterocycles. The minimum atomic E-state index is -0.757. The highest BCUT2D eigenvalue weighted by molar-refractivity contribution is 6.53. The van der Waals surface area contributed by atoms with Crippen molar-refractivity contribution in [2.24, 2.45) is 29.6 Å². The van der Waals surface area contributed by atoms with Crippen LogP contribution in [0.15, 0.2) is 113 Å². The SMILES string of the molecule is CCC1(CC)Nc2c(C3=C([O-])/C(=c4\ccc5ccc(C6=C([O-])/C(=C7\C=C(C)C8CC(C(C)C)CCC(C)C78)C6=O)c6c5c4=[NH+]C(CC)(CC)N6)C3=O)ccc3cc/c(=C4/C(=O)C(c5cc(C)c6cc(C(C)C)ccc(C)c5-6)=C4[O-])c(c23)=[NH+]1. The van der Waals surface area contributed by atoms with E-state index in [1.165, 1.54) is 11.1 Å². The van der Waals surface area contributed by atoms with Crippen LogP contribution in [0.5, 0.6) is 0 Å². The molecule has 10 nitrogen and oxygen atoms in total. The molecule has 0 spiro atoms. The first-order chi connectivity index (χ1) is 39.2. The molecule has 4 aromatic carbocycles. The van der Waals surface area contributed by atoms with Crippen molar-refractivity contribution >= 4 is 78.1 Å². The monoisotopic (exact) mass is 1090 g/mol. The number of benzene rings is 4. The molecule has 0 saturated heterocycles. The molecule has 0 amide bonds. The smallest absolute Gasteiger partial charge is 0.234 e. The minimum absolute atomic E-state index is 0.0517. The zero-order valence-corrected chi connectivity index (χ0v) is 49.4. The van der Waals surface area contributed by atoms with Gasteiger partial charge in [-0.15, -0.1) is 0 Å². The van der Waals surface area contributed by atoms with Crippen LogP contribution in [0.3, 0.4) is 0 Å². The third-order valence-electron chi connectivity index (χ3n) is 20.7. The Morgan fingerprint density at radius 3 is 1.54 bits per heavy atom. The van der Waals surface area contributed by atoms with Gasteiger partial charge < -0.3 is 26.0 Å². The van der Waals surface area contributed by atoms with Crippen molar-refractivity contribution in [2.75, 3.05) is 10.6 Å². The fourth-order valence-corrected chi connectivity index (χ4v) is 15.4. The van der Waals surface area contributed by atoms with E-state index in [-0.39, 0.29) is 56.9 Å². The van der Waals surface area contributed by atoms with E-state index in [2.05, 4.69) is 114 Å². The lowest BCUT2D eigenvalue weighted by Gasteiger charge is -2.37. The highest BCUT2D eigenvalue weighted by Crippen LogP contribution is 2.54. The second-order valence-corrected chi connectivity index (χ2v) is 25.6. The average Bonchev–Trinajstić information content (AvgIpc) is 3.94. The van der Waals surface area contributed by atoms with Gasteiger partial charge in [0.25, 0.3) is 0 Å². The van der Waals surface area contributed by atoms with Crippen LogP contribution < -0.4 is 57.1 Å². The molecular weight excluding hydrogens is 1020 g/mol. The molecule has 4 aromatic rings. The first kappa shape index (κ1) is 53.5. The second kappa shape index (κ2) is 18.8. The summed E-state index contributed by atoms with van der Waals surface area (Å²) in [4.78, 5) is 52.2. The van der Waals surface area contributed by atoms with Gasteiger partial charge >= 0.3 is 0 Å². The molecular formula is C72H73N4O6-. The van der Waals surface area contributed by atoms with Crippen LogP contribution in [0.1, 0.15) is 153 Å². The summed E-state index contributed by atoms with van der Waals surface area (Å²) in [5.74, 6) is 0.397. The fraction of sp³-hybridized carbons (Fsp3) is 0.375. The summed E-state index contributed by atoms with van der Waals surface area (Å²) in [5.41, 5.74) is 9.57. The van der Waals surface area contributed by atoms with Crippen molar-refractivity contribution in [3.8, 4) is 11.1 Å². The largest absolute Gasteiger partial charge is 0.871 e. The molecule has 0 bridgehead atoms. The predicted octanol–water partition coefficient (Wildman–Crippen LogP) is 6.37. The Balaban J connectivity index is 0.965. The van der Waals surface area contributed by atoms with Gasteiger partial charge in [-0.05, 0) is 137 Å². The summed E-state index contributed by atoms with van der Waals surface area (Å²) >= 11 is 0. The number of aryl methyl sites for hydroxylation is 2. The first-order valence-corrected chi connectivity index (χ1v) is 30.1. The highest BCUT2D eigenvalue weighted by Gasteiger charge is 2.46. The molecule has 2 aliphatic heterocycles. The summed E-state index contributed by atoms with van der Waals surface area (Å²) in [6.07, 6.45) is 7.82. The molecule has 4 N–H and O–H groups in total. The molecule has 1 saturated carbocycles. The van der Waals surface area contributed by atoms with Crippen molar-refractivity contribution in [1.82, 2.24) is 0 Å². The topological polar surface area (TPSA) is 172 Å². The lowest BCUT2D eigenvalue weighted by Crippen LogP contribution is -2.95.